The second kappa shape index (κ2) is 12.5. The Morgan fingerprint density at radius 2 is 1.74 bits per heavy atom. The summed E-state index contributed by atoms with van der Waals surface area (Å²) in [6.45, 7) is 2.66. The molecule has 0 spiro atoms. The lowest BCUT2D eigenvalue weighted by Gasteiger charge is -2.21. The summed E-state index contributed by atoms with van der Waals surface area (Å²) >= 11 is 0. The third kappa shape index (κ3) is 7.09. The zero-order valence-corrected chi connectivity index (χ0v) is 21.0. The van der Waals surface area contributed by atoms with Gasteiger partial charge in [0.15, 0.2) is 5.96 Å². The van der Waals surface area contributed by atoms with E-state index in [0.717, 1.165) is 61.4 Å². The molecule has 1 fully saturated rings. The standard InChI is InChI=1S/C23H32N4O3.HI/c1-24-23(25-10-8-17-6-5-7-20(12-17)28-2)26-18-9-11-27(16-18)19-13-21(29-3)15-22(14-19)30-4;/h5-7,12-15,18H,8-11,16H2,1-4H3,(H2,24,25,26);1H. The third-order valence-electron chi connectivity index (χ3n) is 5.29. The third-order valence-corrected chi connectivity index (χ3v) is 5.29. The molecule has 3 rings (SSSR count). The molecule has 1 unspecified atom stereocenters. The number of rotatable bonds is 8. The highest BCUT2D eigenvalue weighted by molar-refractivity contribution is 14.0. The van der Waals surface area contributed by atoms with Crippen LogP contribution in [0.1, 0.15) is 12.0 Å². The van der Waals surface area contributed by atoms with Crippen molar-refractivity contribution in [3.63, 3.8) is 0 Å². The molecule has 0 radical (unpaired) electrons. The topological polar surface area (TPSA) is 67.4 Å². The number of methoxy groups -OCH3 is 3. The Hall–Kier alpha value is -2.36. The van der Waals surface area contributed by atoms with Gasteiger partial charge < -0.3 is 29.7 Å². The van der Waals surface area contributed by atoms with E-state index < -0.39 is 0 Å². The molecule has 2 aromatic rings. The second-order valence-corrected chi connectivity index (χ2v) is 7.25. The molecule has 0 amide bonds. The first kappa shape index (κ1) is 24.9. The van der Waals surface area contributed by atoms with Crippen LogP contribution >= 0.6 is 24.0 Å². The summed E-state index contributed by atoms with van der Waals surface area (Å²) in [6, 6.07) is 14.5. The van der Waals surface area contributed by atoms with Crippen molar-refractivity contribution in [2.24, 2.45) is 4.99 Å². The van der Waals surface area contributed by atoms with E-state index in [4.69, 9.17) is 14.2 Å². The number of aliphatic imine (C=N–C) groups is 1. The molecule has 1 heterocycles. The maximum atomic E-state index is 5.40. The van der Waals surface area contributed by atoms with Crippen molar-refractivity contribution >= 4 is 35.6 Å². The molecule has 1 saturated heterocycles. The van der Waals surface area contributed by atoms with Crippen LogP contribution in [0.25, 0.3) is 0 Å². The van der Waals surface area contributed by atoms with E-state index in [1.165, 1.54) is 5.56 Å². The first-order valence-electron chi connectivity index (χ1n) is 10.2. The number of guanidine groups is 1. The molecular weight excluding hydrogens is 507 g/mol. The number of hydrogen-bond donors (Lipinski definition) is 2. The highest BCUT2D eigenvalue weighted by Crippen LogP contribution is 2.30. The van der Waals surface area contributed by atoms with Crippen molar-refractivity contribution in [3.8, 4) is 17.2 Å². The van der Waals surface area contributed by atoms with E-state index in [1.807, 2.05) is 30.3 Å². The number of nitrogens with one attached hydrogen (secondary N) is 2. The summed E-state index contributed by atoms with van der Waals surface area (Å²) in [6.07, 6.45) is 1.94. The van der Waals surface area contributed by atoms with E-state index >= 15 is 0 Å². The fourth-order valence-electron chi connectivity index (χ4n) is 3.63. The lowest BCUT2D eigenvalue weighted by molar-refractivity contribution is 0.394. The van der Waals surface area contributed by atoms with Crippen LogP contribution in [0.4, 0.5) is 5.69 Å². The molecule has 0 aliphatic carbocycles. The summed E-state index contributed by atoms with van der Waals surface area (Å²) in [5, 5.41) is 6.95. The van der Waals surface area contributed by atoms with Crippen molar-refractivity contribution in [1.82, 2.24) is 10.6 Å². The van der Waals surface area contributed by atoms with E-state index in [1.54, 1.807) is 28.4 Å². The minimum Gasteiger partial charge on any atom is -0.497 e. The molecule has 0 bridgehead atoms. The Labute approximate surface area is 202 Å². The maximum absolute atomic E-state index is 5.40. The SMILES string of the molecule is CN=C(NCCc1cccc(OC)c1)NC1CCN(c2cc(OC)cc(OC)c2)C1.I. The van der Waals surface area contributed by atoms with Gasteiger partial charge >= 0.3 is 0 Å². The van der Waals surface area contributed by atoms with Gasteiger partial charge in [-0.1, -0.05) is 12.1 Å². The molecule has 1 atom stereocenters. The first-order chi connectivity index (χ1) is 14.6. The first-order valence-corrected chi connectivity index (χ1v) is 10.2. The van der Waals surface area contributed by atoms with Crippen LogP contribution in [0, 0.1) is 0 Å². The van der Waals surface area contributed by atoms with Crippen LogP contribution in [-0.2, 0) is 6.42 Å². The predicted octanol–water partition coefficient (Wildman–Crippen LogP) is 3.32. The van der Waals surface area contributed by atoms with Crippen molar-refractivity contribution in [1.29, 1.82) is 0 Å². The average molecular weight is 540 g/mol. The predicted molar refractivity (Wildman–Crippen MR) is 137 cm³/mol. The molecule has 1 aliphatic rings. The summed E-state index contributed by atoms with van der Waals surface area (Å²) < 4.78 is 16.1. The number of benzene rings is 2. The van der Waals surface area contributed by atoms with E-state index in [0.29, 0.717) is 6.04 Å². The van der Waals surface area contributed by atoms with Gasteiger partial charge in [0.25, 0.3) is 0 Å². The smallest absolute Gasteiger partial charge is 0.191 e. The number of anilines is 1. The van der Waals surface area contributed by atoms with E-state index in [2.05, 4.69) is 32.7 Å². The highest BCUT2D eigenvalue weighted by Gasteiger charge is 2.24. The molecule has 8 heteroatoms. The summed E-state index contributed by atoms with van der Waals surface area (Å²) in [5.74, 6) is 3.31. The Morgan fingerprint density at radius 3 is 2.39 bits per heavy atom. The summed E-state index contributed by atoms with van der Waals surface area (Å²) in [4.78, 5) is 6.72. The molecule has 170 valence electrons. The van der Waals surface area contributed by atoms with Crippen molar-refractivity contribution < 1.29 is 14.2 Å². The number of hydrogen-bond acceptors (Lipinski definition) is 5. The normalized spacial score (nSPS) is 15.8. The number of ether oxygens (including phenoxy) is 3. The quantitative estimate of drug-likeness (QED) is 0.305. The minimum atomic E-state index is 0. The van der Waals surface area contributed by atoms with Crippen LogP contribution in [0.2, 0.25) is 0 Å². The fraction of sp³-hybridized carbons (Fsp3) is 0.435. The molecule has 0 aromatic heterocycles. The van der Waals surface area contributed by atoms with Crippen LogP contribution in [0.3, 0.4) is 0 Å². The van der Waals surface area contributed by atoms with Gasteiger partial charge in [0.1, 0.15) is 17.2 Å². The van der Waals surface area contributed by atoms with Gasteiger partial charge in [0.2, 0.25) is 0 Å². The van der Waals surface area contributed by atoms with Gasteiger partial charge in [-0.3, -0.25) is 4.99 Å². The minimum absolute atomic E-state index is 0. The van der Waals surface area contributed by atoms with Crippen molar-refractivity contribution in [2.75, 3.05) is 52.9 Å². The maximum Gasteiger partial charge on any atom is 0.191 e. The van der Waals surface area contributed by atoms with Crippen molar-refractivity contribution in [3.05, 3.63) is 48.0 Å². The zero-order valence-electron chi connectivity index (χ0n) is 18.7. The van der Waals surface area contributed by atoms with Crippen LogP contribution in [0.5, 0.6) is 17.2 Å². The van der Waals surface area contributed by atoms with Gasteiger partial charge in [0.05, 0.1) is 21.3 Å². The Balaban J connectivity index is 0.00000341. The van der Waals surface area contributed by atoms with Crippen molar-refractivity contribution in [2.45, 2.75) is 18.9 Å². The van der Waals surface area contributed by atoms with Crippen LogP contribution < -0.4 is 29.7 Å². The molecule has 1 aliphatic heterocycles. The molecule has 0 saturated carbocycles. The fourth-order valence-corrected chi connectivity index (χ4v) is 3.63. The molecular formula is C23H33IN4O3. The van der Waals surface area contributed by atoms with E-state index in [-0.39, 0.29) is 24.0 Å². The van der Waals surface area contributed by atoms with Gasteiger partial charge in [-0.05, 0) is 30.5 Å². The Kier molecular flexibility index (Phi) is 10.0. The highest BCUT2D eigenvalue weighted by atomic mass is 127. The Morgan fingerprint density at radius 1 is 1.03 bits per heavy atom. The number of nitrogens with zero attached hydrogens (tertiary/aromatic N) is 2. The average Bonchev–Trinajstić information content (AvgIpc) is 3.26. The van der Waals surface area contributed by atoms with Crippen LogP contribution in [0.15, 0.2) is 47.5 Å². The van der Waals surface area contributed by atoms with Gasteiger partial charge in [-0.25, -0.2) is 0 Å². The summed E-state index contributed by atoms with van der Waals surface area (Å²) in [5.41, 5.74) is 2.34. The summed E-state index contributed by atoms with van der Waals surface area (Å²) in [7, 11) is 6.85. The largest absolute Gasteiger partial charge is 0.497 e. The molecule has 2 aromatic carbocycles. The van der Waals surface area contributed by atoms with Gasteiger partial charge in [-0.2, -0.15) is 0 Å². The van der Waals surface area contributed by atoms with E-state index in [9.17, 15) is 0 Å². The molecule has 7 nitrogen and oxygen atoms in total. The monoisotopic (exact) mass is 540 g/mol. The molecule has 31 heavy (non-hydrogen) atoms. The number of halogens is 1. The zero-order chi connectivity index (χ0) is 21.3. The van der Waals surface area contributed by atoms with Crippen LogP contribution in [-0.4, -0.2) is 60.0 Å². The lowest BCUT2D eigenvalue weighted by atomic mass is 10.1. The van der Waals surface area contributed by atoms with Gasteiger partial charge in [-0.15, -0.1) is 24.0 Å². The molecule has 2 N–H and O–H groups in total. The van der Waals surface area contributed by atoms with Gasteiger partial charge in [0, 0.05) is 56.6 Å². The second-order valence-electron chi connectivity index (χ2n) is 7.25. The lowest BCUT2D eigenvalue weighted by Crippen LogP contribution is -2.45. The Bertz CT molecular complexity index is 840.